The van der Waals surface area contributed by atoms with Crippen LogP contribution in [0.25, 0.3) is 0 Å². The van der Waals surface area contributed by atoms with Crippen LogP contribution in [0.4, 0.5) is 0 Å². The molecule has 134 valence electrons. The van der Waals surface area contributed by atoms with E-state index < -0.39 is 11.5 Å². The van der Waals surface area contributed by atoms with E-state index in [0.717, 1.165) is 11.1 Å². The van der Waals surface area contributed by atoms with Gasteiger partial charge in [-0.25, -0.2) is 0 Å². The minimum absolute atomic E-state index is 0. The Balaban J connectivity index is 0.000000251. The molecule has 0 heterocycles. The number of hydrogen-bond acceptors (Lipinski definition) is 2. The summed E-state index contributed by atoms with van der Waals surface area (Å²) in [7, 11) is 0. The molecule has 0 saturated carbocycles. The number of benzene rings is 2. The Labute approximate surface area is 199 Å². The molecule has 2 aromatic carbocycles. The second kappa shape index (κ2) is 11.4. The van der Waals surface area contributed by atoms with Gasteiger partial charge in [0.25, 0.3) is 0 Å². The molecule has 0 unspecified atom stereocenters. The van der Waals surface area contributed by atoms with Gasteiger partial charge >= 0.3 is 57.4 Å². The van der Waals surface area contributed by atoms with Crippen molar-refractivity contribution < 1.29 is 61.3 Å². The second-order valence-electron chi connectivity index (χ2n) is 6.87. The average molecular weight is 378 g/mol. The first-order valence-corrected chi connectivity index (χ1v) is 9.01. The Morgan fingerprint density at radius 1 is 1.15 bits per heavy atom. The zero-order valence-electron chi connectivity index (χ0n) is 16.2. The molecule has 1 aliphatic rings. The van der Waals surface area contributed by atoms with Gasteiger partial charge in [0.15, 0.2) is 0 Å². The van der Waals surface area contributed by atoms with Crippen molar-refractivity contribution in [3.8, 4) is 0 Å². The van der Waals surface area contributed by atoms with Crippen LogP contribution in [0.1, 0.15) is 48.4 Å². The summed E-state index contributed by atoms with van der Waals surface area (Å²) in [4.78, 5) is 10.9. The van der Waals surface area contributed by atoms with E-state index in [1.54, 1.807) is 0 Å². The number of fused-ring (bicyclic) bond motifs is 1. The Hall–Kier alpha value is -0.494. The minimum atomic E-state index is -1.08. The van der Waals surface area contributed by atoms with Gasteiger partial charge in [-0.15, -0.1) is 0 Å². The number of aliphatic carboxylic acids is 1. The molecule has 2 aromatic rings. The van der Waals surface area contributed by atoms with Crippen LogP contribution in [-0.4, -0.2) is 16.6 Å². The number of carbonyl (C=O) groups is 1. The van der Waals surface area contributed by atoms with Crippen molar-refractivity contribution in [2.24, 2.45) is 5.73 Å². The summed E-state index contributed by atoms with van der Waals surface area (Å²) in [6, 6.07) is 17.2. The van der Waals surface area contributed by atoms with Gasteiger partial charge in [0.1, 0.15) is 5.54 Å². The Morgan fingerprint density at radius 2 is 1.77 bits per heavy atom. The topological polar surface area (TPSA) is 63.3 Å². The van der Waals surface area contributed by atoms with Gasteiger partial charge < -0.3 is 10.8 Å². The average Bonchev–Trinajstić information content (AvgIpc) is 2.95. The standard InChI is InChI=1S/C12H17.C10H11NO2.K/c1-3-4-5-9-12-10-7-6-8-11(12)2;11-10(9(12)13)5-7-3-1-2-4-8(7)6-10;/h6-8H,3-5,9H2,1-2H3;1-4H,5-6,11H2,(H,12,13);/q-1;;+1. The molecule has 0 saturated heterocycles. The normalized spacial score (nSPS) is 13.8. The third-order valence-corrected chi connectivity index (χ3v) is 4.76. The Morgan fingerprint density at radius 3 is 2.27 bits per heavy atom. The molecule has 0 atom stereocenters. The first-order valence-electron chi connectivity index (χ1n) is 9.01. The van der Waals surface area contributed by atoms with Gasteiger partial charge in [0.2, 0.25) is 0 Å². The molecule has 0 aliphatic heterocycles. The van der Waals surface area contributed by atoms with Crippen molar-refractivity contribution in [2.45, 2.75) is 57.9 Å². The molecule has 0 spiro atoms. The number of unbranched alkanes of at least 4 members (excludes halogenated alkanes) is 2. The number of carboxylic acids is 1. The van der Waals surface area contributed by atoms with E-state index >= 15 is 0 Å². The van der Waals surface area contributed by atoms with Crippen LogP contribution in [0, 0.1) is 13.0 Å². The van der Waals surface area contributed by atoms with Crippen molar-refractivity contribution in [1.82, 2.24) is 0 Å². The maximum Gasteiger partial charge on any atom is 1.00 e. The zero-order valence-corrected chi connectivity index (χ0v) is 19.3. The summed E-state index contributed by atoms with van der Waals surface area (Å²) in [5.41, 5.74) is 9.58. The largest absolute Gasteiger partial charge is 1.00 e. The molecule has 4 heteroatoms. The quantitative estimate of drug-likeness (QED) is 0.466. The fourth-order valence-electron chi connectivity index (χ4n) is 3.17. The van der Waals surface area contributed by atoms with Gasteiger partial charge in [-0.1, -0.05) is 63.8 Å². The minimum Gasteiger partial charge on any atom is -0.480 e. The third kappa shape index (κ3) is 6.59. The van der Waals surface area contributed by atoms with Crippen molar-refractivity contribution in [3.63, 3.8) is 0 Å². The molecule has 0 radical (unpaired) electrons. The van der Waals surface area contributed by atoms with Crippen LogP contribution in [0.2, 0.25) is 0 Å². The first kappa shape index (κ1) is 23.5. The summed E-state index contributed by atoms with van der Waals surface area (Å²) in [5, 5.41) is 8.92. The SMILES string of the molecule is CCCCCc1[c-]cccc1C.NC1(C(=O)O)Cc2ccccc2C1.[K+]. The molecule has 0 amide bonds. The van der Waals surface area contributed by atoms with Crippen LogP contribution in [0.5, 0.6) is 0 Å². The Kier molecular flexibility index (Phi) is 10.3. The maximum atomic E-state index is 10.9. The summed E-state index contributed by atoms with van der Waals surface area (Å²) in [6.45, 7) is 4.40. The summed E-state index contributed by atoms with van der Waals surface area (Å²) in [5.74, 6) is -0.913. The second-order valence-corrected chi connectivity index (χ2v) is 6.87. The molecule has 0 aromatic heterocycles. The molecule has 3 rings (SSSR count). The van der Waals surface area contributed by atoms with Gasteiger partial charge in [0, 0.05) is 12.8 Å². The molecule has 3 N–H and O–H groups in total. The summed E-state index contributed by atoms with van der Waals surface area (Å²) < 4.78 is 0. The molecular weight excluding hydrogens is 349 g/mol. The summed E-state index contributed by atoms with van der Waals surface area (Å²) in [6.07, 6.45) is 6.02. The van der Waals surface area contributed by atoms with E-state index in [0.29, 0.717) is 12.8 Å². The molecule has 0 fully saturated rings. The Bertz CT molecular complexity index is 690. The fraction of sp³-hybridized carbons (Fsp3) is 0.409. The van der Waals surface area contributed by atoms with Gasteiger partial charge in [-0.05, 0) is 11.1 Å². The van der Waals surface area contributed by atoms with Crippen molar-refractivity contribution in [1.29, 1.82) is 0 Å². The smallest absolute Gasteiger partial charge is 0.480 e. The van der Waals surface area contributed by atoms with E-state index in [2.05, 4.69) is 32.0 Å². The number of rotatable bonds is 5. The van der Waals surface area contributed by atoms with E-state index in [1.807, 2.05) is 30.3 Å². The van der Waals surface area contributed by atoms with E-state index in [-0.39, 0.29) is 51.4 Å². The van der Waals surface area contributed by atoms with Gasteiger partial charge in [-0.2, -0.15) is 35.4 Å². The number of nitrogens with two attached hydrogens (primary N) is 1. The van der Waals surface area contributed by atoms with Crippen LogP contribution in [0.3, 0.4) is 0 Å². The van der Waals surface area contributed by atoms with Crippen molar-refractivity contribution >= 4 is 5.97 Å². The summed E-state index contributed by atoms with van der Waals surface area (Å²) >= 11 is 0. The predicted octanol–water partition coefficient (Wildman–Crippen LogP) is 1.10. The molecule has 1 aliphatic carbocycles. The maximum absolute atomic E-state index is 10.9. The van der Waals surface area contributed by atoms with E-state index in [1.165, 1.54) is 36.8 Å². The van der Waals surface area contributed by atoms with Crippen LogP contribution in [-0.2, 0) is 24.1 Å². The molecular formula is C22H28KNO2. The third-order valence-electron chi connectivity index (χ3n) is 4.76. The number of aryl methyl sites for hydroxylation is 2. The first-order chi connectivity index (χ1) is 12.0. The molecule has 0 bridgehead atoms. The van der Waals surface area contributed by atoms with Crippen molar-refractivity contribution in [3.05, 3.63) is 70.8 Å². The number of hydrogen-bond donors (Lipinski definition) is 2. The predicted molar refractivity (Wildman–Crippen MR) is 102 cm³/mol. The van der Waals surface area contributed by atoms with E-state index in [9.17, 15) is 4.79 Å². The molecule has 3 nitrogen and oxygen atoms in total. The van der Waals surface area contributed by atoms with Crippen LogP contribution >= 0.6 is 0 Å². The van der Waals surface area contributed by atoms with E-state index in [4.69, 9.17) is 10.8 Å². The fourth-order valence-corrected chi connectivity index (χ4v) is 3.17. The number of carboxylic acid groups (broad SMARTS) is 1. The monoisotopic (exact) mass is 377 g/mol. The zero-order chi connectivity index (χ0) is 18.3. The van der Waals surface area contributed by atoms with Gasteiger partial charge in [0.05, 0.1) is 0 Å². The molecule has 26 heavy (non-hydrogen) atoms. The van der Waals surface area contributed by atoms with Crippen molar-refractivity contribution in [2.75, 3.05) is 0 Å². The van der Waals surface area contributed by atoms with Gasteiger partial charge in [-0.3, -0.25) is 4.79 Å². The van der Waals surface area contributed by atoms with Crippen LogP contribution < -0.4 is 57.1 Å². The van der Waals surface area contributed by atoms with Crippen LogP contribution in [0.15, 0.2) is 42.5 Å².